The average molecular weight is 265 g/mol. The van der Waals surface area contributed by atoms with Gasteiger partial charge in [0.15, 0.2) is 17.3 Å². The van der Waals surface area contributed by atoms with E-state index in [1.165, 1.54) is 12.4 Å². The van der Waals surface area contributed by atoms with Crippen LogP contribution in [0.5, 0.6) is 0 Å². The third kappa shape index (κ3) is 2.82. The van der Waals surface area contributed by atoms with Crippen LogP contribution in [0.15, 0.2) is 36.7 Å². The Morgan fingerprint density at radius 3 is 2.53 bits per heavy atom. The highest BCUT2D eigenvalue weighted by atomic mass is 19.2. The molecule has 0 amide bonds. The number of nitrogens with one attached hydrogen (secondary N) is 1. The number of nitro groups is 1. The Morgan fingerprint density at radius 2 is 1.89 bits per heavy atom. The first-order chi connectivity index (χ1) is 9.09. The molecule has 2 rings (SSSR count). The van der Waals surface area contributed by atoms with Gasteiger partial charge in [0.2, 0.25) is 0 Å². The van der Waals surface area contributed by atoms with E-state index in [1.807, 2.05) is 0 Å². The summed E-state index contributed by atoms with van der Waals surface area (Å²) in [5.74, 6) is -2.40. The number of aromatic nitrogens is 1. The predicted molar refractivity (Wildman–Crippen MR) is 64.6 cm³/mol. The van der Waals surface area contributed by atoms with Gasteiger partial charge in [0.25, 0.3) is 5.69 Å². The molecule has 19 heavy (non-hydrogen) atoms. The summed E-state index contributed by atoms with van der Waals surface area (Å²) in [5.41, 5.74) is -0.220. The van der Waals surface area contributed by atoms with Crippen LogP contribution in [0, 0.1) is 21.7 Å². The molecule has 0 unspecified atom stereocenters. The molecule has 98 valence electrons. The fourth-order valence-electron chi connectivity index (χ4n) is 1.55. The Kier molecular flexibility index (Phi) is 3.65. The first-order valence-electron chi connectivity index (χ1n) is 5.34. The van der Waals surface area contributed by atoms with Crippen LogP contribution in [0.3, 0.4) is 0 Å². The molecule has 1 aromatic heterocycles. The van der Waals surface area contributed by atoms with Crippen molar-refractivity contribution in [1.82, 2.24) is 4.98 Å². The lowest BCUT2D eigenvalue weighted by Crippen LogP contribution is -2.06. The Bertz CT molecular complexity index is 605. The molecule has 1 heterocycles. The number of nitro benzene ring substituents is 1. The molecule has 0 saturated heterocycles. The van der Waals surface area contributed by atoms with E-state index in [9.17, 15) is 18.9 Å². The van der Waals surface area contributed by atoms with Gasteiger partial charge in [-0.25, -0.2) is 8.78 Å². The molecule has 0 bridgehead atoms. The molecule has 0 aliphatic heterocycles. The minimum Gasteiger partial charge on any atom is -0.373 e. The van der Waals surface area contributed by atoms with Crippen molar-refractivity contribution in [3.63, 3.8) is 0 Å². The summed E-state index contributed by atoms with van der Waals surface area (Å²) in [6.45, 7) is 0.129. The maximum absolute atomic E-state index is 13.6. The molecule has 0 aliphatic carbocycles. The monoisotopic (exact) mass is 265 g/mol. The van der Waals surface area contributed by atoms with E-state index in [0.29, 0.717) is 0 Å². The van der Waals surface area contributed by atoms with E-state index < -0.39 is 27.9 Å². The molecule has 7 heteroatoms. The lowest BCUT2D eigenvalue weighted by molar-refractivity contribution is -0.384. The number of nitrogens with zero attached hydrogens (tertiary/aromatic N) is 2. The van der Waals surface area contributed by atoms with E-state index >= 15 is 0 Å². The number of anilines is 1. The van der Waals surface area contributed by atoms with Gasteiger partial charge in [-0.1, -0.05) is 0 Å². The Hall–Kier alpha value is -2.57. The Morgan fingerprint density at radius 1 is 1.21 bits per heavy atom. The molecule has 0 aliphatic rings. The average Bonchev–Trinajstić information content (AvgIpc) is 2.41. The van der Waals surface area contributed by atoms with E-state index in [0.717, 1.165) is 17.7 Å². The van der Waals surface area contributed by atoms with Gasteiger partial charge in [0, 0.05) is 25.0 Å². The Labute approximate surface area is 107 Å². The summed E-state index contributed by atoms with van der Waals surface area (Å²) in [4.78, 5) is 13.8. The highest BCUT2D eigenvalue weighted by molar-refractivity contribution is 5.62. The largest absolute Gasteiger partial charge is 0.373 e. The molecule has 1 N–H and O–H groups in total. The van der Waals surface area contributed by atoms with Gasteiger partial charge in [-0.3, -0.25) is 15.1 Å². The van der Waals surface area contributed by atoms with Crippen molar-refractivity contribution < 1.29 is 13.7 Å². The van der Waals surface area contributed by atoms with Crippen LogP contribution >= 0.6 is 0 Å². The number of halogens is 2. The van der Waals surface area contributed by atoms with Crippen molar-refractivity contribution in [1.29, 1.82) is 0 Å². The fraction of sp³-hybridized carbons (Fsp3) is 0.0833. The van der Waals surface area contributed by atoms with Gasteiger partial charge in [-0.05, 0) is 23.8 Å². The molecule has 0 fully saturated rings. The van der Waals surface area contributed by atoms with E-state index in [4.69, 9.17) is 0 Å². The summed E-state index contributed by atoms with van der Waals surface area (Å²) < 4.78 is 26.7. The lowest BCUT2D eigenvalue weighted by atomic mass is 10.2. The van der Waals surface area contributed by atoms with Gasteiger partial charge in [-0.2, -0.15) is 0 Å². The number of pyridine rings is 1. The third-order valence-electron chi connectivity index (χ3n) is 2.49. The van der Waals surface area contributed by atoms with Crippen LogP contribution < -0.4 is 5.32 Å². The van der Waals surface area contributed by atoms with Crippen molar-refractivity contribution in [3.8, 4) is 0 Å². The third-order valence-corrected chi connectivity index (χ3v) is 2.49. The SMILES string of the molecule is O=[N+]([O-])c1ccc(F)c(F)c1NCc1ccncc1. The topological polar surface area (TPSA) is 68.1 Å². The van der Waals surface area contributed by atoms with E-state index in [2.05, 4.69) is 10.3 Å². The molecule has 0 spiro atoms. The molecule has 5 nitrogen and oxygen atoms in total. The van der Waals surface area contributed by atoms with Crippen LogP contribution in [0.4, 0.5) is 20.2 Å². The van der Waals surface area contributed by atoms with Crippen molar-refractivity contribution in [3.05, 3.63) is 64.0 Å². The molecule has 0 radical (unpaired) electrons. The van der Waals surface area contributed by atoms with E-state index in [1.54, 1.807) is 12.1 Å². The van der Waals surface area contributed by atoms with Crippen LogP contribution in [-0.2, 0) is 6.54 Å². The molecule has 0 saturated carbocycles. The standard InChI is InChI=1S/C12H9F2N3O2/c13-9-1-2-10(17(18)19)12(11(9)14)16-7-8-3-5-15-6-4-8/h1-6,16H,7H2. The number of rotatable bonds is 4. The second-order valence-electron chi connectivity index (χ2n) is 3.72. The predicted octanol–water partition coefficient (Wildman–Crippen LogP) is 2.88. The maximum Gasteiger partial charge on any atom is 0.295 e. The quantitative estimate of drug-likeness (QED) is 0.681. The van der Waals surface area contributed by atoms with Crippen molar-refractivity contribution >= 4 is 11.4 Å². The number of benzene rings is 1. The fourth-order valence-corrected chi connectivity index (χ4v) is 1.55. The Balaban J connectivity index is 2.28. The summed E-state index contributed by atoms with van der Waals surface area (Å²) in [6.07, 6.45) is 3.07. The number of hydrogen-bond acceptors (Lipinski definition) is 4. The highest BCUT2D eigenvalue weighted by Crippen LogP contribution is 2.29. The molecular weight excluding hydrogens is 256 g/mol. The van der Waals surface area contributed by atoms with Crippen molar-refractivity contribution in [2.24, 2.45) is 0 Å². The zero-order valence-electron chi connectivity index (χ0n) is 9.64. The van der Waals surface area contributed by atoms with Gasteiger partial charge < -0.3 is 5.32 Å². The lowest BCUT2D eigenvalue weighted by Gasteiger charge is -2.08. The van der Waals surface area contributed by atoms with Crippen LogP contribution in [0.25, 0.3) is 0 Å². The van der Waals surface area contributed by atoms with Crippen molar-refractivity contribution in [2.45, 2.75) is 6.54 Å². The van der Waals surface area contributed by atoms with Gasteiger partial charge in [-0.15, -0.1) is 0 Å². The van der Waals surface area contributed by atoms with Crippen LogP contribution in [-0.4, -0.2) is 9.91 Å². The molecule has 0 atom stereocenters. The second kappa shape index (κ2) is 5.38. The second-order valence-corrected chi connectivity index (χ2v) is 3.72. The summed E-state index contributed by atoms with van der Waals surface area (Å²) in [6, 6.07) is 4.98. The summed E-state index contributed by atoms with van der Waals surface area (Å²) in [7, 11) is 0. The van der Waals surface area contributed by atoms with E-state index in [-0.39, 0.29) is 6.54 Å². The summed E-state index contributed by atoms with van der Waals surface area (Å²) in [5, 5.41) is 13.3. The van der Waals surface area contributed by atoms with Crippen LogP contribution in [0.1, 0.15) is 5.56 Å². The number of hydrogen-bond donors (Lipinski definition) is 1. The zero-order valence-corrected chi connectivity index (χ0v) is 9.64. The first-order valence-corrected chi connectivity index (χ1v) is 5.34. The smallest absolute Gasteiger partial charge is 0.295 e. The molecule has 1 aromatic carbocycles. The highest BCUT2D eigenvalue weighted by Gasteiger charge is 2.21. The maximum atomic E-state index is 13.6. The van der Waals surface area contributed by atoms with Gasteiger partial charge in [0.1, 0.15) is 0 Å². The van der Waals surface area contributed by atoms with Crippen LogP contribution in [0.2, 0.25) is 0 Å². The molecule has 2 aromatic rings. The normalized spacial score (nSPS) is 10.2. The van der Waals surface area contributed by atoms with Crippen molar-refractivity contribution in [2.75, 3.05) is 5.32 Å². The van der Waals surface area contributed by atoms with Gasteiger partial charge >= 0.3 is 0 Å². The molecular formula is C12H9F2N3O2. The minimum absolute atomic E-state index is 0.129. The zero-order chi connectivity index (χ0) is 13.8. The minimum atomic E-state index is -1.26. The summed E-state index contributed by atoms with van der Waals surface area (Å²) >= 11 is 0. The first kappa shape index (κ1) is 12.9. The van der Waals surface area contributed by atoms with Gasteiger partial charge in [0.05, 0.1) is 4.92 Å².